The largest absolute Gasteiger partial charge is 0.264 e. The Morgan fingerprint density at radius 1 is 1.54 bits per heavy atom. The maximum absolute atomic E-state index is 12.4. The zero-order valence-corrected chi connectivity index (χ0v) is 10.1. The minimum absolute atomic E-state index is 0.0619. The van der Waals surface area contributed by atoms with Crippen LogP contribution in [0, 0.1) is 0 Å². The van der Waals surface area contributed by atoms with Gasteiger partial charge in [-0.05, 0) is 22.0 Å². The molecular weight excluding hydrogens is 331 g/mol. The second-order valence-corrected chi connectivity index (χ2v) is 3.94. The Morgan fingerprint density at radius 2 is 2.15 bits per heavy atom. The van der Waals surface area contributed by atoms with Crippen molar-refractivity contribution >= 4 is 43.5 Å². The first-order chi connectivity index (χ1) is 6.06. The zero-order chi connectivity index (χ0) is 10.0. The van der Waals surface area contributed by atoms with Crippen molar-refractivity contribution in [2.75, 3.05) is 0 Å². The van der Waals surface area contributed by atoms with Gasteiger partial charge in [-0.2, -0.15) is 0 Å². The molecule has 0 bridgehead atoms. The molecule has 1 nitrogen and oxygen atoms in total. The molecule has 0 amide bonds. The van der Waals surface area contributed by atoms with E-state index in [4.69, 9.17) is 11.6 Å². The van der Waals surface area contributed by atoms with Gasteiger partial charge in [-0.25, -0.2) is 13.8 Å². The number of nitrogens with zero attached hydrogens (tertiary/aromatic N) is 1. The molecule has 0 saturated heterocycles. The van der Waals surface area contributed by atoms with Crippen LogP contribution in [0.4, 0.5) is 8.78 Å². The molecule has 0 radical (unpaired) electrons. The maximum atomic E-state index is 12.4. The van der Waals surface area contributed by atoms with E-state index in [1.807, 2.05) is 0 Å². The normalized spacial score (nSPS) is 10.9. The summed E-state index contributed by atoms with van der Waals surface area (Å²) in [6.45, 7) is 0. The molecule has 0 aliphatic carbocycles. The molecule has 0 aliphatic rings. The summed E-state index contributed by atoms with van der Waals surface area (Å²) in [5.41, 5.74) is 0.336. The Bertz CT molecular complexity index is 320. The Hall–Kier alpha value is 0.260. The van der Waals surface area contributed by atoms with Crippen LogP contribution in [-0.4, -0.2) is 4.98 Å². The zero-order valence-electron chi connectivity index (χ0n) is 6.20. The molecule has 6 heteroatoms. The van der Waals surface area contributed by atoms with Crippen LogP contribution in [0.1, 0.15) is 17.6 Å². The molecule has 1 aromatic rings. The number of hydrogen-bond donors (Lipinski definition) is 0. The van der Waals surface area contributed by atoms with Gasteiger partial charge in [-0.1, -0.05) is 27.5 Å². The van der Waals surface area contributed by atoms with E-state index in [9.17, 15) is 8.78 Å². The lowest BCUT2D eigenvalue weighted by Gasteiger charge is -2.07. The molecule has 0 saturated carbocycles. The first-order valence-electron chi connectivity index (χ1n) is 3.25. The van der Waals surface area contributed by atoms with Gasteiger partial charge in [0.1, 0.15) is 9.76 Å². The fraction of sp³-hybridized carbons (Fsp3) is 0.286. The second-order valence-electron chi connectivity index (χ2n) is 2.24. The van der Waals surface area contributed by atoms with Crippen LogP contribution in [0.5, 0.6) is 0 Å². The minimum Gasteiger partial charge on any atom is -0.229 e. The molecule has 0 unspecified atom stereocenters. The molecule has 0 fully saturated rings. The standard InChI is InChI=1S/C7H4Br2ClF2N/c8-2-4-3(7(11)12)1-5(10)13-6(4)9/h1,7H,2H2. The van der Waals surface area contributed by atoms with E-state index in [1.165, 1.54) is 6.07 Å². The van der Waals surface area contributed by atoms with Crippen molar-refractivity contribution in [1.82, 2.24) is 4.98 Å². The van der Waals surface area contributed by atoms with Crippen molar-refractivity contribution in [1.29, 1.82) is 0 Å². The van der Waals surface area contributed by atoms with Crippen LogP contribution in [-0.2, 0) is 5.33 Å². The number of alkyl halides is 3. The molecule has 1 heterocycles. The van der Waals surface area contributed by atoms with Gasteiger partial charge in [0.2, 0.25) is 0 Å². The highest BCUT2D eigenvalue weighted by atomic mass is 79.9. The topological polar surface area (TPSA) is 12.9 Å². The lowest BCUT2D eigenvalue weighted by Crippen LogP contribution is -1.96. The molecule has 0 N–H and O–H groups in total. The molecule has 0 spiro atoms. The van der Waals surface area contributed by atoms with Crippen LogP contribution in [0.15, 0.2) is 10.7 Å². The molecule has 1 rings (SSSR count). The second kappa shape index (κ2) is 4.66. The number of hydrogen-bond acceptors (Lipinski definition) is 1. The fourth-order valence-electron chi connectivity index (χ4n) is 0.855. The summed E-state index contributed by atoms with van der Waals surface area (Å²) < 4.78 is 25.2. The van der Waals surface area contributed by atoms with Crippen molar-refractivity contribution < 1.29 is 8.78 Å². The van der Waals surface area contributed by atoms with Crippen molar-refractivity contribution in [3.63, 3.8) is 0 Å². The molecule has 0 aliphatic heterocycles. The van der Waals surface area contributed by atoms with Crippen LogP contribution in [0.2, 0.25) is 5.15 Å². The summed E-state index contributed by atoms with van der Waals surface area (Å²) >= 11 is 11.7. The third-order valence-electron chi connectivity index (χ3n) is 1.45. The molecule has 0 atom stereocenters. The lowest BCUT2D eigenvalue weighted by molar-refractivity contribution is 0.150. The predicted octanol–water partition coefficient (Wildman–Crippen LogP) is 4.33. The number of pyridine rings is 1. The first-order valence-corrected chi connectivity index (χ1v) is 5.54. The van der Waals surface area contributed by atoms with Gasteiger partial charge in [-0.3, -0.25) is 0 Å². The van der Waals surface area contributed by atoms with Gasteiger partial charge < -0.3 is 0 Å². The summed E-state index contributed by atoms with van der Waals surface area (Å²) in [7, 11) is 0. The summed E-state index contributed by atoms with van der Waals surface area (Å²) in [4.78, 5) is 3.81. The van der Waals surface area contributed by atoms with Crippen molar-refractivity contribution in [3.8, 4) is 0 Å². The van der Waals surface area contributed by atoms with Crippen LogP contribution < -0.4 is 0 Å². The monoisotopic (exact) mass is 333 g/mol. The van der Waals surface area contributed by atoms with Crippen molar-refractivity contribution in [2.24, 2.45) is 0 Å². The van der Waals surface area contributed by atoms with Gasteiger partial charge in [0.05, 0.1) is 0 Å². The van der Waals surface area contributed by atoms with Crippen molar-refractivity contribution in [2.45, 2.75) is 11.8 Å². The Labute approximate surface area is 95.8 Å². The van der Waals surface area contributed by atoms with Gasteiger partial charge in [0, 0.05) is 16.5 Å². The van der Waals surface area contributed by atoms with E-state index in [-0.39, 0.29) is 10.7 Å². The Balaban J connectivity index is 3.29. The summed E-state index contributed by atoms with van der Waals surface area (Å²) in [5.74, 6) is 0. The number of halogens is 5. The van der Waals surface area contributed by atoms with Gasteiger partial charge in [-0.15, -0.1) is 0 Å². The van der Waals surface area contributed by atoms with E-state index in [0.717, 1.165) is 0 Å². The molecule has 13 heavy (non-hydrogen) atoms. The molecule has 72 valence electrons. The minimum atomic E-state index is -2.54. The number of rotatable bonds is 2. The van der Waals surface area contributed by atoms with E-state index in [2.05, 4.69) is 36.8 Å². The highest BCUT2D eigenvalue weighted by molar-refractivity contribution is 9.10. The van der Waals surface area contributed by atoms with Gasteiger partial charge in [0.25, 0.3) is 6.43 Å². The highest BCUT2D eigenvalue weighted by Crippen LogP contribution is 2.31. The van der Waals surface area contributed by atoms with E-state index in [0.29, 0.717) is 15.5 Å². The van der Waals surface area contributed by atoms with Crippen LogP contribution in [0.25, 0.3) is 0 Å². The van der Waals surface area contributed by atoms with E-state index < -0.39 is 6.43 Å². The lowest BCUT2D eigenvalue weighted by atomic mass is 10.2. The summed E-state index contributed by atoms with van der Waals surface area (Å²) in [6, 6.07) is 1.17. The average Bonchev–Trinajstić information content (AvgIpc) is 2.02. The first kappa shape index (κ1) is 11.3. The maximum Gasteiger partial charge on any atom is 0.264 e. The molecule has 1 aromatic heterocycles. The summed E-state index contributed by atoms with van der Waals surface area (Å²) in [5, 5.41) is 0.379. The Morgan fingerprint density at radius 3 is 2.62 bits per heavy atom. The van der Waals surface area contributed by atoms with Crippen LogP contribution >= 0.6 is 43.5 Å². The van der Waals surface area contributed by atoms with Gasteiger partial charge >= 0.3 is 0 Å². The van der Waals surface area contributed by atoms with Gasteiger partial charge in [0.15, 0.2) is 0 Å². The third-order valence-corrected chi connectivity index (χ3v) is 2.86. The van der Waals surface area contributed by atoms with E-state index >= 15 is 0 Å². The molecular formula is C7H4Br2ClF2N. The smallest absolute Gasteiger partial charge is 0.229 e. The average molecular weight is 335 g/mol. The highest BCUT2D eigenvalue weighted by Gasteiger charge is 2.16. The fourth-order valence-corrected chi connectivity index (χ4v) is 2.68. The predicted molar refractivity (Wildman–Crippen MR) is 54.5 cm³/mol. The SMILES string of the molecule is FC(F)c1cc(Cl)nc(Br)c1CBr. The quantitative estimate of drug-likeness (QED) is 0.579. The Kier molecular flexibility index (Phi) is 4.06. The van der Waals surface area contributed by atoms with E-state index in [1.54, 1.807) is 0 Å². The summed E-state index contributed by atoms with van der Waals surface area (Å²) in [6.07, 6.45) is -2.54. The third kappa shape index (κ3) is 2.60. The number of aromatic nitrogens is 1. The van der Waals surface area contributed by atoms with Crippen LogP contribution in [0.3, 0.4) is 0 Å². The molecule has 0 aromatic carbocycles. The van der Waals surface area contributed by atoms with Crippen molar-refractivity contribution in [3.05, 3.63) is 26.9 Å².